The van der Waals surface area contributed by atoms with Crippen LogP contribution in [0.5, 0.6) is 0 Å². The van der Waals surface area contributed by atoms with Crippen molar-refractivity contribution in [3.05, 3.63) is 148 Å². The van der Waals surface area contributed by atoms with Crippen LogP contribution in [0.1, 0.15) is 160 Å². The summed E-state index contributed by atoms with van der Waals surface area (Å²) >= 11 is 1.91. The van der Waals surface area contributed by atoms with E-state index in [4.69, 9.17) is 0 Å². The van der Waals surface area contributed by atoms with E-state index >= 15 is 0 Å². The second-order valence-electron chi connectivity index (χ2n) is 25.1. The number of fused-ring (bicyclic) bond motifs is 10. The molecule has 2 aliphatic carbocycles. The molecule has 5 heteroatoms. The van der Waals surface area contributed by atoms with Crippen LogP contribution >= 0.6 is 11.3 Å². The summed E-state index contributed by atoms with van der Waals surface area (Å²) in [7, 11) is 0. The maximum Gasteiger partial charge on any atom is 0.254 e. The highest BCUT2D eigenvalue weighted by Crippen LogP contribution is 2.63. The van der Waals surface area contributed by atoms with Gasteiger partial charge in [0.25, 0.3) is 6.71 Å². The summed E-state index contributed by atoms with van der Waals surface area (Å²) in [5.74, 6) is 0. The van der Waals surface area contributed by atoms with E-state index in [-0.39, 0.29) is 39.2 Å². The van der Waals surface area contributed by atoms with Crippen LogP contribution in [0.2, 0.25) is 0 Å². The lowest BCUT2D eigenvalue weighted by Gasteiger charge is -2.55. The highest BCUT2D eigenvalue weighted by Gasteiger charge is 2.55. The van der Waals surface area contributed by atoms with Gasteiger partial charge in [0.2, 0.25) is 0 Å². The van der Waals surface area contributed by atoms with E-state index < -0.39 is 0 Å². The summed E-state index contributed by atoms with van der Waals surface area (Å²) in [6, 6.07) is 42.9. The van der Waals surface area contributed by atoms with Crippen LogP contribution in [0.25, 0.3) is 21.2 Å². The van der Waals surface area contributed by atoms with Gasteiger partial charge in [-0.1, -0.05) is 157 Å². The lowest BCUT2D eigenvalue weighted by Crippen LogP contribution is -2.62. The molecule has 67 heavy (non-hydrogen) atoms. The zero-order valence-corrected chi connectivity index (χ0v) is 42.8. The lowest BCUT2D eigenvalue weighted by atomic mass is 9.32. The highest BCUT2D eigenvalue weighted by molar-refractivity contribution is 7.26. The average molecular weight is 894 g/mol. The molecule has 0 bridgehead atoms. The summed E-state index contributed by atoms with van der Waals surface area (Å²) in [4.78, 5) is 5.25. The van der Waals surface area contributed by atoms with E-state index in [9.17, 15) is 5.26 Å². The Morgan fingerprint density at radius 3 is 1.85 bits per heavy atom. The Balaban J connectivity index is 1.25. The van der Waals surface area contributed by atoms with Crippen LogP contribution in [-0.2, 0) is 32.5 Å². The fourth-order valence-electron chi connectivity index (χ4n) is 13.1. The van der Waals surface area contributed by atoms with Crippen molar-refractivity contribution in [3.63, 3.8) is 0 Å². The van der Waals surface area contributed by atoms with E-state index in [1.807, 2.05) is 11.3 Å². The van der Waals surface area contributed by atoms with Crippen molar-refractivity contribution in [2.45, 2.75) is 148 Å². The Hall–Kier alpha value is -5.57. The number of rotatable bonds is 2. The Kier molecular flexibility index (Phi) is 8.66. The molecule has 0 fully saturated rings. The third kappa shape index (κ3) is 5.87. The van der Waals surface area contributed by atoms with Crippen molar-refractivity contribution < 1.29 is 0 Å². The number of hydrogen-bond acceptors (Lipinski definition) is 4. The molecule has 0 N–H and O–H groups in total. The van der Waals surface area contributed by atoms with Crippen LogP contribution in [0.15, 0.2) is 103 Å². The first-order chi connectivity index (χ1) is 31.5. The van der Waals surface area contributed by atoms with Crippen LogP contribution < -0.4 is 26.2 Å². The minimum Gasteiger partial charge on any atom is -0.311 e. The predicted molar refractivity (Wildman–Crippen MR) is 287 cm³/mol. The van der Waals surface area contributed by atoms with Crippen LogP contribution in [0.3, 0.4) is 0 Å². The van der Waals surface area contributed by atoms with Gasteiger partial charge in [0.1, 0.15) is 0 Å². The fourth-order valence-corrected chi connectivity index (χ4v) is 14.4. The number of benzene rings is 6. The van der Waals surface area contributed by atoms with Gasteiger partial charge >= 0.3 is 0 Å². The Bertz CT molecular complexity index is 3350. The van der Waals surface area contributed by atoms with E-state index in [0.29, 0.717) is 5.56 Å². The van der Waals surface area contributed by atoms with Gasteiger partial charge in [-0.2, -0.15) is 5.26 Å². The molecule has 1 atom stereocenters. The van der Waals surface area contributed by atoms with Crippen molar-refractivity contribution in [2.24, 2.45) is 0 Å². The van der Waals surface area contributed by atoms with E-state index in [1.165, 1.54) is 99.3 Å². The number of anilines is 6. The summed E-state index contributed by atoms with van der Waals surface area (Å²) < 4.78 is 1.30. The SMILES string of the molecule is CC(C)(C)c1ccc(N2c3cc(C#N)cc4c3B(c3ccc5c6c3N4c3cc4c(cc3C6(C)CCC5(C)C)C(C)(C)CCC4(C)C)c3c2sc2ccc(C(C)(C)C)cc32)c(-c2ccccc2)c1. The second kappa shape index (κ2) is 13.6. The molecule has 1 unspecified atom stereocenters. The molecule has 5 aliphatic rings. The van der Waals surface area contributed by atoms with Gasteiger partial charge in [-0.15, -0.1) is 11.3 Å². The van der Waals surface area contributed by atoms with Crippen molar-refractivity contribution in [2.75, 3.05) is 9.80 Å². The lowest BCUT2D eigenvalue weighted by molar-refractivity contribution is 0.327. The quantitative estimate of drug-likeness (QED) is 0.162. The zero-order chi connectivity index (χ0) is 47.1. The molecule has 3 aliphatic heterocycles. The molecule has 0 saturated carbocycles. The Morgan fingerprint density at radius 2 is 1.18 bits per heavy atom. The Labute approximate surface area is 404 Å². The molecule has 0 amide bonds. The van der Waals surface area contributed by atoms with Crippen LogP contribution in [0.4, 0.5) is 33.4 Å². The molecular formula is C62H64BN3S. The standard InChI is InChI=1S/C62H64BN3S/c1-57(2,3)38-19-23-47(40(31-38)37-17-15-14-16-18-37)66-50-30-36(35-64)29-49-54(50)63(53-41-32-39(58(4,5)6)20-24-51(41)67-56(53)66)46-22-21-42-52-55(46)65(49)48-34-44-43(60(9,10)25-26-61(44,11)12)33-45(48)62(52,13)28-27-59(42,7)8/h14-24,29-34H,25-28H2,1-13H3. The zero-order valence-electron chi connectivity index (χ0n) is 42.0. The molecule has 0 radical (unpaired) electrons. The van der Waals surface area contributed by atoms with Gasteiger partial charge < -0.3 is 9.80 Å². The maximum absolute atomic E-state index is 11.2. The van der Waals surface area contributed by atoms with Crippen LogP contribution in [-0.4, -0.2) is 6.71 Å². The van der Waals surface area contributed by atoms with Gasteiger partial charge in [0.05, 0.1) is 28.0 Å². The Morgan fingerprint density at radius 1 is 0.567 bits per heavy atom. The van der Waals surface area contributed by atoms with Gasteiger partial charge in [-0.3, -0.25) is 0 Å². The third-order valence-corrected chi connectivity index (χ3v) is 18.5. The summed E-state index contributed by atoms with van der Waals surface area (Å²) in [5, 5.41) is 13.8. The molecule has 12 rings (SSSR count). The van der Waals surface area contributed by atoms with Crippen molar-refractivity contribution >= 4 is 78.0 Å². The summed E-state index contributed by atoms with van der Waals surface area (Å²) in [6.07, 6.45) is 4.55. The highest BCUT2D eigenvalue weighted by atomic mass is 32.1. The second-order valence-corrected chi connectivity index (χ2v) is 26.1. The molecule has 3 nitrogen and oxygen atoms in total. The smallest absolute Gasteiger partial charge is 0.254 e. The van der Waals surface area contributed by atoms with E-state index in [2.05, 4.69) is 209 Å². The monoisotopic (exact) mass is 893 g/mol. The molecular weight excluding hydrogens is 830 g/mol. The first-order valence-electron chi connectivity index (χ1n) is 24.9. The number of hydrogen-bond donors (Lipinski definition) is 0. The van der Waals surface area contributed by atoms with Crippen molar-refractivity contribution in [1.29, 1.82) is 5.26 Å². The number of thiophene rings is 1. The summed E-state index contributed by atoms with van der Waals surface area (Å²) in [6.45, 7) is 31.3. The molecule has 0 spiro atoms. The minimum absolute atomic E-state index is 0.0146. The largest absolute Gasteiger partial charge is 0.311 e. The normalized spacial score (nSPS) is 20.1. The molecule has 6 aromatic carbocycles. The van der Waals surface area contributed by atoms with Crippen LogP contribution in [0, 0.1) is 11.3 Å². The van der Waals surface area contributed by atoms with E-state index in [1.54, 1.807) is 0 Å². The first kappa shape index (κ1) is 42.8. The fraction of sp³-hybridized carbons (Fsp3) is 0.371. The first-order valence-corrected chi connectivity index (χ1v) is 25.7. The van der Waals surface area contributed by atoms with E-state index in [0.717, 1.165) is 36.3 Å². The topological polar surface area (TPSA) is 30.3 Å². The van der Waals surface area contributed by atoms with Gasteiger partial charge in [-0.05, 0) is 155 Å². The average Bonchev–Trinajstić information content (AvgIpc) is 3.66. The van der Waals surface area contributed by atoms with Crippen molar-refractivity contribution in [1.82, 2.24) is 0 Å². The third-order valence-electron chi connectivity index (χ3n) is 17.4. The molecule has 0 saturated heterocycles. The minimum atomic E-state index is -0.180. The number of nitrogens with zero attached hydrogens (tertiary/aromatic N) is 3. The van der Waals surface area contributed by atoms with Crippen molar-refractivity contribution in [3.8, 4) is 17.2 Å². The number of nitriles is 1. The summed E-state index contributed by atoms with van der Waals surface area (Å²) in [5.41, 5.74) is 23.1. The molecule has 4 heterocycles. The molecule has 7 aromatic rings. The predicted octanol–water partition coefficient (Wildman–Crippen LogP) is 15.2. The molecule has 336 valence electrons. The van der Waals surface area contributed by atoms with Gasteiger partial charge in [-0.25, -0.2) is 0 Å². The van der Waals surface area contributed by atoms with Gasteiger partial charge in [0, 0.05) is 32.7 Å². The molecule has 1 aromatic heterocycles. The van der Waals surface area contributed by atoms with Gasteiger partial charge in [0.15, 0.2) is 0 Å². The maximum atomic E-state index is 11.2.